The fourth-order valence-corrected chi connectivity index (χ4v) is 2.97. The highest BCUT2D eigenvalue weighted by atomic mass is 79.9. The first-order valence-corrected chi connectivity index (χ1v) is 11.0. The number of hydrogen-bond acceptors (Lipinski definition) is 10. The number of carbonyl (C=O) groups excluding carboxylic acids is 4. The van der Waals surface area contributed by atoms with Crippen molar-refractivity contribution < 1.29 is 47.6 Å². The van der Waals surface area contributed by atoms with Gasteiger partial charge in [-0.2, -0.15) is 0 Å². The Labute approximate surface area is 206 Å². The minimum absolute atomic E-state index is 0.136. The van der Waals surface area contributed by atoms with E-state index in [2.05, 4.69) is 50.4 Å². The third-order valence-corrected chi connectivity index (χ3v) is 4.20. The number of ether oxygens (including phenoxy) is 6. The number of halogens is 1. The normalized spacial score (nSPS) is 22.8. The highest BCUT2D eigenvalue weighted by Gasteiger charge is 2.52. The molecule has 1 fully saturated rings. The molecule has 1 aliphatic heterocycles. The number of unbranched alkanes of at least 4 members (excludes halogenated alkanes) is 1. The van der Waals surface area contributed by atoms with Crippen LogP contribution in [0.3, 0.4) is 0 Å². The summed E-state index contributed by atoms with van der Waals surface area (Å²) in [6.07, 6.45) is -5.08. The summed E-state index contributed by atoms with van der Waals surface area (Å²) in [5.74, 6) is 10.3. The summed E-state index contributed by atoms with van der Waals surface area (Å²) < 4.78 is 32.5. The molecule has 0 N–H and O–H groups in total. The summed E-state index contributed by atoms with van der Waals surface area (Å²) in [6, 6.07) is 0. The zero-order valence-corrected chi connectivity index (χ0v) is 20.8. The van der Waals surface area contributed by atoms with Crippen LogP contribution in [0, 0.1) is 34.4 Å². The molecule has 0 bridgehead atoms. The number of carbonyl (C=O) groups is 4. The van der Waals surface area contributed by atoms with Crippen LogP contribution in [0.5, 0.6) is 0 Å². The molecule has 0 aromatic carbocycles. The van der Waals surface area contributed by atoms with Crippen molar-refractivity contribution in [3.05, 3.63) is 0 Å². The summed E-state index contributed by atoms with van der Waals surface area (Å²) in [4.78, 5) is 49.0. The maximum absolute atomic E-state index is 11.8. The molecule has 1 saturated heterocycles. The number of hydrogen-bond donors (Lipinski definition) is 0. The Morgan fingerprint density at radius 2 is 1.38 bits per heavy atom. The van der Waals surface area contributed by atoms with Gasteiger partial charge < -0.3 is 28.4 Å². The van der Waals surface area contributed by atoms with Crippen LogP contribution in [-0.2, 0) is 47.6 Å². The summed E-state index contributed by atoms with van der Waals surface area (Å²) in [5, 5.41) is 0. The highest BCUT2D eigenvalue weighted by Crippen LogP contribution is 2.30. The topological polar surface area (TPSA) is 124 Å². The lowest BCUT2D eigenvalue weighted by atomic mass is 9.98. The molecule has 5 atom stereocenters. The lowest BCUT2D eigenvalue weighted by molar-refractivity contribution is -0.308. The molecule has 0 aromatic heterocycles. The van der Waals surface area contributed by atoms with E-state index in [1.54, 1.807) is 0 Å². The van der Waals surface area contributed by atoms with E-state index in [1.807, 2.05) is 0 Å². The lowest BCUT2D eigenvalue weighted by Gasteiger charge is -2.44. The van der Waals surface area contributed by atoms with Crippen molar-refractivity contribution in [2.24, 2.45) is 0 Å². The Morgan fingerprint density at radius 3 is 1.97 bits per heavy atom. The molecule has 1 rings (SSSR count). The Balaban J connectivity index is 3.05. The molecule has 0 amide bonds. The molecule has 0 radical (unpaired) electrons. The summed E-state index contributed by atoms with van der Waals surface area (Å²) >= 11 is 2.92. The van der Waals surface area contributed by atoms with Gasteiger partial charge >= 0.3 is 23.9 Å². The molecule has 0 saturated carbocycles. The zero-order valence-electron chi connectivity index (χ0n) is 19.2. The van der Waals surface area contributed by atoms with Gasteiger partial charge in [0.2, 0.25) is 0 Å². The zero-order chi connectivity index (χ0) is 25.5. The fourth-order valence-electron chi connectivity index (χ4n) is 2.88. The van der Waals surface area contributed by atoms with E-state index in [9.17, 15) is 19.2 Å². The van der Waals surface area contributed by atoms with Gasteiger partial charge in [-0.25, -0.2) is 0 Å². The third-order valence-electron chi connectivity index (χ3n) is 4.00. The minimum atomic E-state index is -1.27. The van der Waals surface area contributed by atoms with Gasteiger partial charge in [-0.15, -0.1) is 0 Å². The first-order chi connectivity index (χ1) is 16.1. The van der Waals surface area contributed by atoms with Crippen LogP contribution in [-0.4, -0.2) is 67.8 Å². The molecule has 1 aliphatic rings. The fraction of sp³-hybridized carbons (Fsp3) is 0.565. The van der Waals surface area contributed by atoms with Gasteiger partial charge in [-0.3, -0.25) is 19.2 Å². The molecular formula is C23H25BrO10. The van der Waals surface area contributed by atoms with E-state index in [0.29, 0.717) is 12.8 Å². The largest absolute Gasteiger partial charge is 0.463 e. The molecule has 184 valence electrons. The maximum Gasteiger partial charge on any atom is 0.303 e. The van der Waals surface area contributed by atoms with E-state index in [4.69, 9.17) is 28.4 Å². The van der Waals surface area contributed by atoms with E-state index in [0.717, 1.165) is 20.8 Å². The Hall–Kier alpha value is -3.04. The summed E-state index contributed by atoms with van der Waals surface area (Å²) in [5.41, 5.74) is 0. The number of esters is 4. The predicted octanol–water partition coefficient (Wildman–Crippen LogP) is 1.23. The van der Waals surface area contributed by atoms with Gasteiger partial charge in [-0.1, -0.05) is 5.92 Å². The Bertz CT molecular complexity index is 927. The first kappa shape index (κ1) is 29.0. The van der Waals surface area contributed by atoms with Crippen LogP contribution in [0.2, 0.25) is 0 Å². The standard InChI is InChI=1S/C23H25BrO10/c1-15(25)30-14-19-20(31-16(2)26)21(32-17(3)27)22(33-18(4)28)23(34-19)29-13-11-9-7-5-6-8-10-12-24/h19-23H,9,11,13-14H2,1-4H3/t19-,20-,21+,22-,23-/m1/s1. The highest BCUT2D eigenvalue weighted by molar-refractivity contribution is 9.12. The van der Waals surface area contributed by atoms with Crippen molar-refractivity contribution in [1.29, 1.82) is 0 Å². The molecule has 0 aromatic rings. The smallest absolute Gasteiger partial charge is 0.303 e. The van der Waals surface area contributed by atoms with E-state index in [-0.39, 0.29) is 13.2 Å². The molecular weight excluding hydrogens is 516 g/mol. The van der Waals surface area contributed by atoms with Crippen LogP contribution in [0.15, 0.2) is 0 Å². The second-order valence-electron chi connectivity index (χ2n) is 6.81. The number of rotatable bonds is 9. The van der Waals surface area contributed by atoms with Gasteiger partial charge in [0.25, 0.3) is 0 Å². The van der Waals surface area contributed by atoms with Crippen LogP contribution in [0.1, 0.15) is 40.5 Å². The van der Waals surface area contributed by atoms with Crippen LogP contribution < -0.4 is 0 Å². The quantitative estimate of drug-likeness (QED) is 0.182. The average Bonchev–Trinajstić information content (AvgIpc) is 2.74. The molecule has 0 unspecified atom stereocenters. The Morgan fingerprint density at radius 1 is 0.794 bits per heavy atom. The molecule has 10 nitrogen and oxygen atoms in total. The minimum Gasteiger partial charge on any atom is -0.463 e. The lowest BCUT2D eigenvalue weighted by Crippen LogP contribution is -2.63. The predicted molar refractivity (Wildman–Crippen MR) is 119 cm³/mol. The summed E-state index contributed by atoms with van der Waals surface area (Å²) in [7, 11) is 0. The van der Waals surface area contributed by atoms with Gasteiger partial charge in [0.15, 0.2) is 24.6 Å². The molecule has 34 heavy (non-hydrogen) atoms. The second kappa shape index (κ2) is 15.7. The van der Waals surface area contributed by atoms with Gasteiger partial charge in [0.05, 0.1) is 6.61 Å². The van der Waals surface area contributed by atoms with Crippen molar-refractivity contribution in [3.63, 3.8) is 0 Å². The molecule has 1 heterocycles. The monoisotopic (exact) mass is 540 g/mol. The van der Waals surface area contributed by atoms with Crippen molar-refractivity contribution >= 4 is 39.8 Å². The van der Waals surface area contributed by atoms with E-state index >= 15 is 0 Å². The third kappa shape index (κ3) is 11.2. The molecule has 0 aliphatic carbocycles. The van der Waals surface area contributed by atoms with Gasteiger partial charge in [0.1, 0.15) is 12.7 Å². The van der Waals surface area contributed by atoms with E-state index in [1.165, 1.54) is 6.92 Å². The summed E-state index contributed by atoms with van der Waals surface area (Å²) in [6.45, 7) is 4.46. The maximum atomic E-state index is 11.8. The van der Waals surface area contributed by atoms with Crippen molar-refractivity contribution in [2.75, 3.05) is 13.2 Å². The van der Waals surface area contributed by atoms with Crippen LogP contribution in [0.4, 0.5) is 0 Å². The molecule has 0 spiro atoms. The van der Waals surface area contributed by atoms with Crippen LogP contribution in [0.25, 0.3) is 0 Å². The van der Waals surface area contributed by atoms with Gasteiger partial charge in [0, 0.05) is 50.0 Å². The van der Waals surface area contributed by atoms with Gasteiger partial charge in [-0.05, 0) is 34.9 Å². The SMILES string of the molecule is CC(=O)OC[C@H]1O[C@@H](OCCCC#CC#CC#CBr)[C@H](OC(C)=O)[C@@H](OC(C)=O)[C@@H]1OC(C)=O. The van der Waals surface area contributed by atoms with E-state index < -0.39 is 54.6 Å². The van der Waals surface area contributed by atoms with Crippen molar-refractivity contribution in [1.82, 2.24) is 0 Å². The first-order valence-electron chi connectivity index (χ1n) is 10.2. The average molecular weight is 541 g/mol. The Kier molecular flexibility index (Phi) is 13.4. The van der Waals surface area contributed by atoms with Crippen molar-refractivity contribution in [2.45, 2.75) is 71.2 Å². The van der Waals surface area contributed by atoms with Crippen LogP contribution >= 0.6 is 15.9 Å². The second-order valence-corrected chi connectivity index (χ2v) is 7.21. The van der Waals surface area contributed by atoms with Crippen molar-refractivity contribution in [3.8, 4) is 34.4 Å². The molecule has 11 heteroatoms.